The second-order valence-corrected chi connectivity index (χ2v) is 20.9. The molecule has 0 saturated carbocycles. The Labute approximate surface area is 485 Å². The number of halogens is 5. The van der Waals surface area contributed by atoms with Gasteiger partial charge < -0.3 is 39.8 Å². The number of morpholine rings is 2. The highest BCUT2D eigenvalue weighted by molar-refractivity contribution is 9.10. The number of hydrogen-bond donors (Lipinski definition) is 2. The van der Waals surface area contributed by atoms with E-state index in [9.17, 15) is 22.8 Å². The summed E-state index contributed by atoms with van der Waals surface area (Å²) in [5, 5.41) is 3.82. The number of pyridine rings is 6. The van der Waals surface area contributed by atoms with Crippen LogP contribution in [0, 0.1) is 37.1 Å². The molecular formula is C60H61BrF4N12O6. The summed E-state index contributed by atoms with van der Waals surface area (Å²) in [6.45, 7) is 10.3. The summed E-state index contributed by atoms with van der Waals surface area (Å²) >= 11 is 3.35. The summed E-state index contributed by atoms with van der Waals surface area (Å²) in [7, 11) is 3.18. The lowest BCUT2D eigenvalue weighted by atomic mass is 10.0. The molecule has 4 saturated heterocycles. The minimum Gasteiger partial charge on any atom is -0.495 e. The quantitative estimate of drug-likeness (QED) is 0.122. The monoisotopic (exact) mass is 1200 g/mol. The van der Waals surface area contributed by atoms with Crippen molar-refractivity contribution in [3.8, 4) is 33.8 Å². The number of carbonyl (C=O) groups excluding carboxylic acids is 2. The number of nitrogens with two attached hydrogens (primary N) is 1. The number of nitrogen functional groups attached to an aromatic ring is 1. The van der Waals surface area contributed by atoms with E-state index in [2.05, 4.69) is 56.0 Å². The number of benzene rings is 2. The zero-order chi connectivity index (χ0) is 58.3. The van der Waals surface area contributed by atoms with Gasteiger partial charge in [0.15, 0.2) is 0 Å². The highest BCUT2D eigenvalue weighted by Crippen LogP contribution is 2.42. The minimum atomic E-state index is -0.748. The van der Waals surface area contributed by atoms with E-state index in [4.69, 9.17) is 29.7 Å². The van der Waals surface area contributed by atoms with Crippen molar-refractivity contribution in [1.82, 2.24) is 29.9 Å². The number of methoxy groups -OCH3 is 2. The largest absolute Gasteiger partial charge is 0.495 e. The van der Waals surface area contributed by atoms with Crippen LogP contribution in [-0.2, 0) is 19.1 Å². The van der Waals surface area contributed by atoms with Crippen LogP contribution in [0.25, 0.3) is 44.1 Å². The van der Waals surface area contributed by atoms with Gasteiger partial charge in [-0.05, 0) is 67.6 Å². The molecule has 12 rings (SSSR count). The molecule has 83 heavy (non-hydrogen) atoms. The van der Waals surface area contributed by atoms with Gasteiger partial charge in [-0.15, -0.1) is 0 Å². The Kier molecular flexibility index (Phi) is 18.1. The molecule has 0 radical (unpaired) electrons. The topological polar surface area (TPSA) is 199 Å². The van der Waals surface area contributed by atoms with E-state index in [1.807, 2.05) is 24.3 Å². The number of fused-ring (bicyclic) bond motifs is 2. The Bertz CT molecular complexity index is 3720. The van der Waals surface area contributed by atoms with Crippen LogP contribution in [0.5, 0.6) is 11.5 Å². The molecule has 8 aromatic rings. The van der Waals surface area contributed by atoms with Crippen molar-refractivity contribution in [3.63, 3.8) is 0 Å². The summed E-state index contributed by atoms with van der Waals surface area (Å²) in [5.74, 6) is 0.855. The van der Waals surface area contributed by atoms with Crippen LogP contribution in [0.2, 0.25) is 0 Å². The van der Waals surface area contributed by atoms with E-state index < -0.39 is 23.3 Å². The summed E-state index contributed by atoms with van der Waals surface area (Å²) in [6, 6.07) is 11.6. The van der Waals surface area contributed by atoms with E-state index in [-0.39, 0.29) is 33.6 Å². The molecule has 0 bridgehead atoms. The smallest absolute Gasteiger partial charge is 0.228 e. The zero-order valence-electron chi connectivity index (χ0n) is 46.3. The van der Waals surface area contributed by atoms with Crippen molar-refractivity contribution in [2.45, 2.75) is 52.4 Å². The van der Waals surface area contributed by atoms with Crippen LogP contribution in [-0.4, -0.2) is 122 Å². The van der Waals surface area contributed by atoms with E-state index in [1.54, 1.807) is 75.0 Å². The lowest BCUT2D eigenvalue weighted by Gasteiger charge is -2.30. The molecule has 3 N–H and O–H groups in total. The molecule has 4 aliphatic heterocycles. The van der Waals surface area contributed by atoms with Crippen LogP contribution in [0.3, 0.4) is 0 Å². The highest BCUT2D eigenvalue weighted by atomic mass is 79.9. The summed E-state index contributed by atoms with van der Waals surface area (Å²) in [5.41, 5.74) is 12.7. The minimum absolute atomic E-state index is 0.0000231. The van der Waals surface area contributed by atoms with Crippen LogP contribution in [0.4, 0.5) is 57.9 Å². The van der Waals surface area contributed by atoms with Gasteiger partial charge in [0.1, 0.15) is 58.0 Å². The number of rotatable bonds is 10. The van der Waals surface area contributed by atoms with Crippen LogP contribution >= 0.6 is 15.9 Å². The molecule has 0 aliphatic carbocycles. The van der Waals surface area contributed by atoms with Gasteiger partial charge in [0.2, 0.25) is 11.8 Å². The molecule has 23 heteroatoms. The fourth-order valence-corrected chi connectivity index (χ4v) is 11.0. The number of anilines is 7. The molecular weight excluding hydrogens is 1140 g/mol. The maximum absolute atomic E-state index is 15.5. The maximum Gasteiger partial charge on any atom is 0.228 e. The van der Waals surface area contributed by atoms with Crippen molar-refractivity contribution < 1.29 is 46.1 Å². The Balaban J connectivity index is 0.000000154. The normalized spacial score (nSPS) is 15.6. The van der Waals surface area contributed by atoms with E-state index >= 15 is 4.39 Å². The third kappa shape index (κ3) is 12.9. The third-order valence-corrected chi connectivity index (χ3v) is 15.8. The van der Waals surface area contributed by atoms with E-state index in [0.29, 0.717) is 114 Å². The Morgan fingerprint density at radius 3 is 1.58 bits per heavy atom. The first-order valence-electron chi connectivity index (χ1n) is 27.2. The van der Waals surface area contributed by atoms with Crippen molar-refractivity contribution >= 4 is 89.9 Å². The number of ether oxygens (including phenoxy) is 4. The van der Waals surface area contributed by atoms with Gasteiger partial charge in [0.25, 0.3) is 0 Å². The zero-order valence-corrected chi connectivity index (χ0v) is 47.9. The third-order valence-electron chi connectivity index (χ3n) is 14.8. The first kappa shape index (κ1) is 57.9. The number of carbonyl (C=O) groups is 2. The van der Waals surface area contributed by atoms with Crippen LogP contribution < -0.4 is 40.1 Å². The fourth-order valence-electron chi connectivity index (χ4n) is 10.4. The molecule has 0 spiro atoms. The van der Waals surface area contributed by atoms with Gasteiger partial charge in [-0.3, -0.25) is 29.4 Å². The predicted molar refractivity (Wildman–Crippen MR) is 315 cm³/mol. The summed E-state index contributed by atoms with van der Waals surface area (Å²) in [4.78, 5) is 59.1. The molecule has 18 nitrogen and oxygen atoms in total. The maximum atomic E-state index is 15.5. The molecule has 2 amide bonds. The number of nitrogens with one attached hydrogen (secondary N) is 1. The Morgan fingerprint density at radius 1 is 0.578 bits per heavy atom. The van der Waals surface area contributed by atoms with E-state index in [1.165, 1.54) is 12.1 Å². The number of aromatic nitrogens is 6. The van der Waals surface area contributed by atoms with Gasteiger partial charge in [0.05, 0.1) is 86.2 Å². The van der Waals surface area contributed by atoms with Crippen LogP contribution in [0.15, 0.2) is 90.2 Å². The molecule has 2 aromatic carbocycles. The molecule has 10 heterocycles. The van der Waals surface area contributed by atoms with Crippen molar-refractivity contribution in [2.24, 2.45) is 0 Å². The van der Waals surface area contributed by atoms with E-state index in [0.717, 1.165) is 92.4 Å². The molecule has 0 atom stereocenters. The van der Waals surface area contributed by atoms with Gasteiger partial charge >= 0.3 is 0 Å². The SMILES string of the molecule is COc1cncc(-c2cnc(N3CCOCC3)cc2N)c1.COc1cncc(-c2cnc(N3CCOCC3)cc2Nc2c(C)c(N3CCCCC3=O)nc3cc(F)cc(F)c23)c1.Cc1c(N2CCCCC2=O)nc2cc(F)cc(F)c2c1Br. The van der Waals surface area contributed by atoms with Crippen molar-refractivity contribution in [3.05, 3.63) is 125 Å². The first-order chi connectivity index (χ1) is 40.2. The molecule has 4 fully saturated rings. The number of nitrogens with zero attached hydrogens (tertiary/aromatic N) is 10. The Morgan fingerprint density at radius 2 is 1.06 bits per heavy atom. The molecule has 0 unspecified atom stereocenters. The van der Waals surface area contributed by atoms with Gasteiger partial charge in [0, 0.05) is 157 Å². The van der Waals surface area contributed by atoms with Crippen LogP contribution in [0.1, 0.15) is 49.7 Å². The highest BCUT2D eigenvalue weighted by Gasteiger charge is 2.29. The second kappa shape index (κ2) is 25.9. The van der Waals surface area contributed by atoms with Gasteiger partial charge in [-0.2, -0.15) is 0 Å². The van der Waals surface area contributed by atoms with Gasteiger partial charge in [-0.1, -0.05) is 0 Å². The average Bonchev–Trinajstić information content (AvgIpc) is 3.47. The second-order valence-electron chi connectivity index (χ2n) is 20.1. The first-order valence-corrected chi connectivity index (χ1v) is 28.0. The van der Waals surface area contributed by atoms with Crippen molar-refractivity contribution in [1.29, 1.82) is 0 Å². The molecule has 4 aliphatic rings. The summed E-state index contributed by atoms with van der Waals surface area (Å²) in [6.07, 6.45) is 14.5. The number of piperidine rings is 2. The lowest BCUT2D eigenvalue weighted by Crippen LogP contribution is -2.36. The Hall–Kier alpha value is -8.28. The summed E-state index contributed by atoms with van der Waals surface area (Å²) < 4.78 is 79.2. The predicted octanol–water partition coefficient (Wildman–Crippen LogP) is 11.1. The molecule has 432 valence electrons. The van der Waals surface area contributed by atoms with Crippen molar-refractivity contribution in [2.75, 3.05) is 111 Å². The fraction of sp³-hybridized carbons (Fsp3) is 0.333. The standard InChI is InChI=1S/C30H30F2N6O3.C15H13BrF2N2O.C15H18N4O2/c1-18-29(28-23(32)12-20(31)13-25(28)36-30(18)38-6-4-3-5-27(38)39)35-24-14-26(37-7-9-41-10-8-37)34-17-22(24)19-11-21(40-2)16-33-15-19;1-8-14(16)13-10(18)6-9(17)7-11(13)19-15(8)20-5-3-2-4-12(20)21;1-20-12-6-11(8-17-9-12)13-10-18-15(7-14(13)16)19-2-4-21-5-3-19/h11-17H,3-10H2,1-2H3,(H,34,35,36);6-7H,2-5H2,1H3;6-10H,2-5H2,1H3,(H2,16,18). The number of hydrogen-bond acceptors (Lipinski definition) is 16. The lowest BCUT2D eigenvalue weighted by molar-refractivity contribution is -0.120. The van der Waals surface area contributed by atoms with Gasteiger partial charge in [-0.25, -0.2) is 37.5 Å². The number of amides is 2. The average molecular weight is 1200 g/mol. The molecule has 6 aromatic heterocycles.